The molecule has 1 saturated heterocycles. The van der Waals surface area contributed by atoms with Crippen molar-refractivity contribution in [2.45, 2.75) is 38.9 Å². The van der Waals surface area contributed by atoms with E-state index in [1.807, 2.05) is 24.3 Å². The molecule has 4 nitrogen and oxygen atoms in total. The minimum absolute atomic E-state index is 0.408. The number of pyridine rings is 1. The summed E-state index contributed by atoms with van der Waals surface area (Å²) in [5.74, 6) is 0.728. The Morgan fingerprint density at radius 2 is 1.59 bits per heavy atom. The minimum Gasteiger partial charge on any atom is -0.494 e. The summed E-state index contributed by atoms with van der Waals surface area (Å²) < 4.78 is 18.3. The largest absolute Gasteiger partial charge is 0.495 e. The van der Waals surface area contributed by atoms with Crippen molar-refractivity contribution < 1.29 is 14.0 Å². The molecule has 2 aromatic carbocycles. The molecule has 0 saturated carbocycles. The number of hydrogen-bond acceptors (Lipinski definition) is 4. The summed E-state index contributed by atoms with van der Waals surface area (Å²) in [6, 6.07) is 16.3. The molecule has 0 radical (unpaired) electrons. The fourth-order valence-corrected chi connectivity index (χ4v) is 3.46. The highest BCUT2D eigenvalue weighted by Gasteiger charge is 2.52. The molecule has 4 rings (SSSR count). The second kappa shape index (κ2) is 6.36. The molecule has 0 amide bonds. The number of nitrogens with zero attached hydrogens (tertiary/aromatic N) is 1. The average Bonchev–Trinajstić information content (AvgIpc) is 2.88. The van der Waals surface area contributed by atoms with E-state index in [1.54, 1.807) is 13.3 Å². The van der Waals surface area contributed by atoms with E-state index in [0.29, 0.717) is 0 Å². The van der Waals surface area contributed by atoms with Crippen molar-refractivity contribution in [2.75, 3.05) is 7.11 Å². The summed E-state index contributed by atoms with van der Waals surface area (Å²) in [4.78, 5) is 4.64. The van der Waals surface area contributed by atoms with E-state index in [1.165, 1.54) is 0 Å². The fourth-order valence-electron chi connectivity index (χ4n) is 3.46. The molecule has 1 aliphatic heterocycles. The molecule has 27 heavy (non-hydrogen) atoms. The summed E-state index contributed by atoms with van der Waals surface area (Å²) >= 11 is 0. The summed E-state index contributed by atoms with van der Waals surface area (Å²) in [5, 5.41) is 2.24. The molecule has 2 heterocycles. The Morgan fingerprint density at radius 1 is 0.889 bits per heavy atom. The van der Waals surface area contributed by atoms with Crippen LogP contribution in [0.3, 0.4) is 0 Å². The number of fused-ring (bicyclic) bond motifs is 1. The van der Waals surface area contributed by atoms with Gasteiger partial charge >= 0.3 is 7.12 Å². The molecule has 0 spiro atoms. The van der Waals surface area contributed by atoms with Gasteiger partial charge in [-0.1, -0.05) is 36.4 Å². The van der Waals surface area contributed by atoms with Crippen molar-refractivity contribution in [3.63, 3.8) is 0 Å². The fraction of sp³-hybridized carbons (Fsp3) is 0.318. The van der Waals surface area contributed by atoms with E-state index < -0.39 is 18.3 Å². The number of methoxy groups -OCH3 is 1. The first-order chi connectivity index (χ1) is 12.8. The Labute approximate surface area is 160 Å². The Bertz CT molecular complexity index is 984. The number of rotatable bonds is 3. The number of hydrogen-bond donors (Lipinski definition) is 0. The smallest absolute Gasteiger partial charge is 0.494 e. The van der Waals surface area contributed by atoms with Gasteiger partial charge in [0.05, 0.1) is 18.3 Å². The maximum absolute atomic E-state index is 6.34. The average molecular weight is 361 g/mol. The maximum Gasteiger partial charge on any atom is 0.495 e. The topological polar surface area (TPSA) is 40.6 Å². The molecule has 5 heteroatoms. The first-order valence-electron chi connectivity index (χ1n) is 9.21. The summed E-state index contributed by atoms with van der Waals surface area (Å²) in [5.41, 5.74) is 1.93. The third-order valence-corrected chi connectivity index (χ3v) is 5.70. The Kier molecular flexibility index (Phi) is 4.24. The van der Waals surface area contributed by atoms with Crippen molar-refractivity contribution in [2.24, 2.45) is 0 Å². The van der Waals surface area contributed by atoms with E-state index in [-0.39, 0.29) is 0 Å². The molecule has 1 aliphatic rings. The second-order valence-corrected chi connectivity index (χ2v) is 7.89. The van der Waals surface area contributed by atoms with Crippen LogP contribution in [0.4, 0.5) is 0 Å². The van der Waals surface area contributed by atoms with Gasteiger partial charge in [0, 0.05) is 11.8 Å². The van der Waals surface area contributed by atoms with Crippen molar-refractivity contribution in [1.82, 2.24) is 4.98 Å². The van der Waals surface area contributed by atoms with Gasteiger partial charge in [-0.25, -0.2) is 0 Å². The van der Waals surface area contributed by atoms with Crippen LogP contribution in [0.1, 0.15) is 27.7 Å². The van der Waals surface area contributed by atoms with E-state index in [2.05, 4.69) is 56.9 Å². The summed E-state index contributed by atoms with van der Waals surface area (Å²) in [7, 11) is 1.20. The van der Waals surface area contributed by atoms with E-state index >= 15 is 0 Å². The van der Waals surface area contributed by atoms with Crippen LogP contribution in [0.15, 0.2) is 54.7 Å². The zero-order valence-electron chi connectivity index (χ0n) is 16.4. The Hall–Kier alpha value is -2.37. The molecule has 3 aromatic rings. The van der Waals surface area contributed by atoms with Crippen molar-refractivity contribution in [3.8, 4) is 17.0 Å². The lowest BCUT2D eigenvalue weighted by molar-refractivity contribution is 0.00578. The molecule has 1 fully saturated rings. The highest BCUT2D eigenvalue weighted by Crippen LogP contribution is 2.39. The first kappa shape index (κ1) is 18.0. The van der Waals surface area contributed by atoms with E-state index in [9.17, 15) is 0 Å². The van der Waals surface area contributed by atoms with E-state index in [0.717, 1.165) is 33.2 Å². The predicted octanol–water partition coefficient (Wildman–Crippen LogP) is 4.21. The van der Waals surface area contributed by atoms with Crippen LogP contribution in [0.5, 0.6) is 5.75 Å². The Balaban J connectivity index is 1.97. The third kappa shape index (κ3) is 2.91. The quantitative estimate of drug-likeness (QED) is 0.656. The normalized spacial score (nSPS) is 18.0. The van der Waals surface area contributed by atoms with Crippen molar-refractivity contribution in [3.05, 3.63) is 54.7 Å². The molecule has 0 bridgehead atoms. The van der Waals surface area contributed by atoms with Crippen LogP contribution in [-0.2, 0) is 9.31 Å². The summed E-state index contributed by atoms with van der Waals surface area (Å²) in [6.07, 6.45) is 1.79. The van der Waals surface area contributed by atoms with Gasteiger partial charge in [-0.15, -0.1) is 0 Å². The van der Waals surface area contributed by atoms with Gasteiger partial charge in [0.15, 0.2) is 0 Å². The van der Waals surface area contributed by atoms with E-state index in [4.69, 9.17) is 14.0 Å². The van der Waals surface area contributed by atoms with Crippen molar-refractivity contribution >= 4 is 23.4 Å². The van der Waals surface area contributed by atoms with Crippen LogP contribution in [0.2, 0.25) is 0 Å². The third-order valence-electron chi connectivity index (χ3n) is 5.70. The standard InChI is InChI=1S/C22H24BNO3/c1-21(2)22(3,4)27-23(26-21)17-13-12-15-9-6-7-10-16(15)19(17)20-18(25-5)11-8-14-24-20/h6-14H,1-5H3. The van der Waals surface area contributed by atoms with Crippen LogP contribution in [0, 0.1) is 0 Å². The maximum atomic E-state index is 6.34. The highest BCUT2D eigenvalue weighted by atomic mass is 16.7. The van der Waals surface area contributed by atoms with Crippen molar-refractivity contribution in [1.29, 1.82) is 0 Å². The van der Waals surface area contributed by atoms with Gasteiger partial charge in [-0.05, 0) is 56.1 Å². The molecule has 1 aromatic heterocycles. The number of benzene rings is 2. The Morgan fingerprint density at radius 3 is 2.30 bits per heavy atom. The van der Waals surface area contributed by atoms with Crippen LogP contribution in [0.25, 0.3) is 22.0 Å². The molecule has 0 unspecified atom stereocenters. The molecule has 0 aliphatic carbocycles. The van der Waals surface area contributed by atoms with Gasteiger partial charge in [0.2, 0.25) is 0 Å². The van der Waals surface area contributed by atoms with Gasteiger partial charge in [0.25, 0.3) is 0 Å². The van der Waals surface area contributed by atoms with Crippen LogP contribution < -0.4 is 10.2 Å². The predicted molar refractivity (Wildman–Crippen MR) is 109 cm³/mol. The molecular weight excluding hydrogens is 337 g/mol. The van der Waals surface area contributed by atoms with Gasteiger partial charge in [0.1, 0.15) is 11.4 Å². The highest BCUT2D eigenvalue weighted by molar-refractivity contribution is 6.64. The molecule has 138 valence electrons. The van der Waals surface area contributed by atoms with Crippen LogP contribution in [-0.4, -0.2) is 30.4 Å². The number of aromatic nitrogens is 1. The zero-order valence-corrected chi connectivity index (χ0v) is 16.4. The lowest BCUT2D eigenvalue weighted by Crippen LogP contribution is -2.41. The lowest BCUT2D eigenvalue weighted by atomic mass is 9.73. The monoisotopic (exact) mass is 361 g/mol. The lowest BCUT2D eigenvalue weighted by Gasteiger charge is -2.32. The minimum atomic E-state index is -0.471. The van der Waals surface area contributed by atoms with Gasteiger partial charge in [-0.3, -0.25) is 4.98 Å². The number of ether oxygens (including phenoxy) is 1. The first-order valence-corrected chi connectivity index (χ1v) is 9.21. The summed E-state index contributed by atoms with van der Waals surface area (Å²) in [6.45, 7) is 8.26. The van der Waals surface area contributed by atoms with Gasteiger partial charge in [-0.2, -0.15) is 0 Å². The zero-order chi connectivity index (χ0) is 19.2. The molecule has 0 atom stereocenters. The molecule has 0 N–H and O–H groups in total. The van der Waals surface area contributed by atoms with Gasteiger partial charge < -0.3 is 14.0 Å². The second-order valence-electron chi connectivity index (χ2n) is 7.89. The molecular formula is C22H24BNO3. The van der Waals surface area contributed by atoms with Crippen LogP contribution >= 0.6 is 0 Å². The SMILES string of the molecule is COc1cccnc1-c1c(B2OC(C)(C)C(C)(C)O2)ccc2ccccc12.